The first-order valence-corrected chi connectivity index (χ1v) is 12.7. The van der Waals surface area contributed by atoms with Crippen molar-refractivity contribution in [3.63, 3.8) is 0 Å². The molecule has 0 radical (unpaired) electrons. The Balaban J connectivity index is 1.56. The van der Waals surface area contributed by atoms with Crippen molar-refractivity contribution in [3.05, 3.63) is 11.6 Å². The topological polar surface area (TPSA) is 43.4 Å². The van der Waals surface area contributed by atoms with Gasteiger partial charge in [-0.05, 0) is 87.5 Å². The van der Waals surface area contributed by atoms with Gasteiger partial charge >= 0.3 is 0 Å². The van der Waals surface area contributed by atoms with Crippen LogP contribution in [0.5, 0.6) is 0 Å². The molecule has 0 aliphatic heterocycles. The lowest BCUT2D eigenvalue weighted by Crippen LogP contribution is -2.58. The second-order valence-electron chi connectivity index (χ2n) is 11.3. The van der Waals surface area contributed by atoms with Crippen LogP contribution in [-0.2, 0) is 14.3 Å². The minimum Gasteiger partial charge on any atom is -0.367 e. The Bertz CT molecular complexity index is 724. The molecular weight excluding hydrogens is 372 g/mol. The van der Waals surface area contributed by atoms with Crippen molar-refractivity contribution < 1.29 is 14.3 Å². The summed E-state index contributed by atoms with van der Waals surface area (Å²) in [7, 11) is 0. The smallest absolute Gasteiger partial charge is 0.162 e. The number of rotatable bonds is 7. The maximum atomic E-state index is 13.1. The van der Waals surface area contributed by atoms with E-state index in [1.165, 1.54) is 37.7 Å². The molecule has 168 valence electrons. The number of hydrogen-bond acceptors (Lipinski definition) is 3. The largest absolute Gasteiger partial charge is 0.367 e. The van der Waals surface area contributed by atoms with Crippen LogP contribution in [0.3, 0.4) is 0 Å². The van der Waals surface area contributed by atoms with Crippen molar-refractivity contribution in [2.24, 2.45) is 28.6 Å². The van der Waals surface area contributed by atoms with Gasteiger partial charge in [-0.25, -0.2) is 0 Å². The van der Waals surface area contributed by atoms with Gasteiger partial charge < -0.3 is 4.74 Å². The lowest BCUT2D eigenvalue weighted by Gasteiger charge is -2.59. The highest BCUT2D eigenvalue weighted by molar-refractivity contribution is 5.91. The number of hydrogen-bond donors (Lipinski definition) is 0. The van der Waals surface area contributed by atoms with Crippen molar-refractivity contribution in [1.29, 1.82) is 0 Å². The number of ketones is 2. The van der Waals surface area contributed by atoms with Crippen molar-refractivity contribution in [3.8, 4) is 0 Å². The van der Waals surface area contributed by atoms with Crippen molar-refractivity contribution >= 4 is 11.6 Å². The van der Waals surface area contributed by atoms with Gasteiger partial charge in [0.05, 0.1) is 0 Å². The molecule has 3 saturated carbocycles. The number of Topliss-reactive ketones (excluding diaryl/α,β-unsaturated/α-hetero) is 1. The molecule has 0 aromatic carbocycles. The van der Waals surface area contributed by atoms with E-state index in [0.717, 1.165) is 45.1 Å². The zero-order chi connectivity index (χ0) is 21.6. The Hall–Kier alpha value is -0.960. The molecule has 0 bridgehead atoms. The van der Waals surface area contributed by atoms with E-state index in [-0.39, 0.29) is 16.6 Å². The standard InChI is InChI=1S/C27H42O3/c1-5-6-7-8-17-30-27(19(2)28)16-13-24-22-10-9-20-18-21(29)11-14-25(20,3)23(22)12-15-26(24,27)4/h18,22-24H,5-17H2,1-4H3/t22-,23+,24+,25+,26+,27+/m1/s1. The maximum Gasteiger partial charge on any atom is 0.162 e. The highest BCUT2D eigenvalue weighted by Crippen LogP contribution is 2.68. The van der Waals surface area contributed by atoms with Crippen LogP contribution in [0.15, 0.2) is 11.6 Å². The highest BCUT2D eigenvalue weighted by atomic mass is 16.5. The van der Waals surface area contributed by atoms with E-state index in [9.17, 15) is 9.59 Å². The average molecular weight is 415 g/mol. The summed E-state index contributed by atoms with van der Waals surface area (Å²) < 4.78 is 6.59. The van der Waals surface area contributed by atoms with Crippen LogP contribution in [0.2, 0.25) is 0 Å². The summed E-state index contributed by atoms with van der Waals surface area (Å²) in [4.78, 5) is 25.1. The molecule has 3 heteroatoms. The molecular formula is C27H42O3. The molecule has 0 heterocycles. The molecule has 0 aromatic heterocycles. The summed E-state index contributed by atoms with van der Waals surface area (Å²) >= 11 is 0. The first kappa shape index (κ1) is 22.2. The van der Waals surface area contributed by atoms with Gasteiger partial charge in [-0.1, -0.05) is 45.6 Å². The fraction of sp³-hybridized carbons (Fsp3) is 0.852. The van der Waals surface area contributed by atoms with E-state index in [4.69, 9.17) is 4.74 Å². The number of carbonyl (C=O) groups excluding carboxylic acids is 2. The van der Waals surface area contributed by atoms with Crippen molar-refractivity contribution in [2.45, 2.75) is 110 Å². The van der Waals surface area contributed by atoms with Gasteiger partial charge in [0.2, 0.25) is 0 Å². The lowest BCUT2D eigenvalue weighted by molar-refractivity contribution is -0.176. The van der Waals surface area contributed by atoms with Crippen LogP contribution in [0.25, 0.3) is 0 Å². The van der Waals surface area contributed by atoms with E-state index in [0.29, 0.717) is 30.0 Å². The maximum absolute atomic E-state index is 13.1. The predicted octanol–water partition coefficient (Wildman–Crippen LogP) is 6.44. The highest BCUT2D eigenvalue weighted by Gasteiger charge is 2.66. The minimum atomic E-state index is -0.575. The Morgan fingerprint density at radius 2 is 1.80 bits per heavy atom. The molecule has 4 aliphatic rings. The van der Waals surface area contributed by atoms with Gasteiger partial charge in [0, 0.05) is 18.4 Å². The Labute approximate surface area is 183 Å². The van der Waals surface area contributed by atoms with Crippen LogP contribution >= 0.6 is 0 Å². The molecule has 4 rings (SSSR count). The van der Waals surface area contributed by atoms with Crippen LogP contribution in [0, 0.1) is 28.6 Å². The first-order valence-electron chi connectivity index (χ1n) is 12.7. The van der Waals surface area contributed by atoms with Gasteiger partial charge in [-0.15, -0.1) is 0 Å². The van der Waals surface area contributed by atoms with Crippen LogP contribution in [0.1, 0.15) is 105 Å². The van der Waals surface area contributed by atoms with E-state index < -0.39 is 5.60 Å². The summed E-state index contributed by atoms with van der Waals surface area (Å²) in [5.41, 5.74) is 1.01. The molecule has 6 atom stereocenters. The van der Waals surface area contributed by atoms with E-state index in [1.54, 1.807) is 6.92 Å². The van der Waals surface area contributed by atoms with Gasteiger partial charge in [0.15, 0.2) is 11.6 Å². The normalized spacial score (nSPS) is 42.9. The van der Waals surface area contributed by atoms with Gasteiger partial charge in [-0.2, -0.15) is 0 Å². The quantitative estimate of drug-likeness (QED) is 0.450. The van der Waals surface area contributed by atoms with Gasteiger partial charge in [0.1, 0.15) is 5.60 Å². The second-order valence-corrected chi connectivity index (χ2v) is 11.3. The van der Waals surface area contributed by atoms with Crippen LogP contribution < -0.4 is 0 Å². The summed E-state index contributed by atoms with van der Waals surface area (Å²) in [6, 6.07) is 0. The third-order valence-electron chi connectivity index (χ3n) is 10.00. The van der Waals surface area contributed by atoms with E-state index in [2.05, 4.69) is 20.8 Å². The molecule has 0 unspecified atom stereocenters. The molecule has 0 saturated heterocycles. The summed E-state index contributed by atoms with van der Waals surface area (Å²) in [5, 5.41) is 0. The number of ether oxygens (including phenoxy) is 1. The Morgan fingerprint density at radius 3 is 2.53 bits per heavy atom. The Morgan fingerprint density at radius 1 is 1.03 bits per heavy atom. The summed E-state index contributed by atoms with van der Waals surface area (Å²) in [6.07, 6.45) is 15.0. The number of allylic oxidation sites excluding steroid dienone is 1. The predicted molar refractivity (Wildman–Crippen MR) is 120 cm³/mol. The molecule has 0 N–H and O–H groups in total. The number of fused-ring (bicyclic) bond motifs is 5. The molecule has 0 amide bonds. The SMILES string of the molecule is CCCCCCO[C@]1(C(C)=O)CC[C@H]2[C@@H]3CCC4=CC(=O)CC[C@]4(C)[C@H]3CC[C@@]21C. The van der Waals surface area contributed by atoms with Gasteiger partial charge in [-0.3, -0.25) is 9.59 Å². The third-order valence-corrected chi connectivity index (χ3v) is 10.00. The first-order chi connectivity index (χ1) is 14.3. The molecule has 4 aliphatic carbocycles. The zero-order valence-electron chi connectivity index (χ0n) is 19.7. The molecule has 30 heavy (non-hydrogen) atoms. The summed E-state index contributed by atoms with van der Waals surface area (Å²) in [6.45, 7) is 9.55. The number of unbranched alkanes of at least 4 members (excludes halogenated alkanes) is 3. The van der Waals surface area contributed by atoms with Crippen LogP contribution in [0.4, 0.5) is 0 Å². The third kappa shape index (κ3) is 3.26. The monoisotopic (exact) mass is 414 g/mol. The number of carbonyl (C=O) groups is 2. The van der Waals surface area contributed by atoms with Crippen molar-refractivity contribution in [1.82, 2.24) is 0 Å². The average Bonchev–Trinajstić information content (AvgIpc) is 3.02. The second kappa shape index (κ2) is 8.19. The fourth-order valence-corrected chi connectivity index (χ4v) is 8.25. The molecule has 3 fully saturated rings. The van der Waals surface area contributed by atoms with E-state index >= 15 is 0 Å². The van der Waals surface area contributed by atoms with E-state index in [1.807, 2.05) is 6.08 Å². The minimum absolute atomic E-state index is 0.0349. The molecule has 0 spiro atoms. The zero-order valence-corrected chi connectivity index (χ0v) is 19.7. The van der Waals surface area contributed by atoms with Crippen molar-refractivity contribution in [2.75, 3.05) is 6.61 Å². The molecule has 0 aromatic rings. The fourth-order valence-electron chi connectivity index (χ4n) is 8.25. The lowest BCUT2D eigenvalue weighted by atomic mass is 9.46. The van der Waals surface area contributed by atoms with Gasteiger partial charge in [0.25, 0.3) is 0 Å². The Kier molecular flexibility index (Phi) is 6.07. The summed E-state index contributed by atoms with van der Waals surface area (Å²) in [5.74, 6) is 2.49. The van der Waals surface area contributed by atoms with Crippen LogP contribution in [-0.4, -0.2) is 23.8 Å². The molecule has 3 nitrogen and oxygen atoms in total.